The number of nitrogens with one attached hydrogen (secondary N) is 1. The van der Waals surface area contributed by atoms with E-state index >= 15 is 0 Å². The molecule has 0 aromatic carbocycles. The summed E-state index contributed by atoms with van der Waals surface area (Å²) in [5.41, 5.74) is 0. The minimum Gasteiger partial charge on any atom is -0.469 e. The fourth-order valence-corrected chi connectivity index (χ4v) is 1.07. The van der Waals surface area contributed by atoms with Gasteiger partial charge in [-0.3, -0.25) is 9.59 Å². The minimum atomic E-state index is -0.296. The van der Waals surface area contributed by atoms with Crippen molar-refractivity contribution in [2.45, 2.75) is 18.9 Å². The summed E-state index contributed by atoms with van der Waals surface area (Å²) in [4.78, 5) is 21.6. The zero-order chi connectivity index (χ0) is 8.97. The van der Waals surface area contributed by atoms with Crippen molar-refractivity contribution in [3.63, 3.8) is 0 Å². The molecule has 1 aliphatic rings. The van der Waals surface area contributed by atoms with E-state index in [2.05, 4.69) is 10.1 Å². The van der Waals surface area contributed by atoms with Crippen molar-refractivity contribution < 1.29 is 14.3 Å². The van der Waals surface area contributed by atoms with Crippen LogP contribution in [0, 0.1) is 0 Å². The highest BCUT2D eigenvalue weighted by Gasteiger charge is 2.17. The molecule has 0 fully saturated rings. The van der Waals surface area contributed by atoms with E-state index in [-0.39, 0.29) is 24.3 Å². The predicted molar refractivity (Wildman–Crippen MR) is 42.3 cm³/mol. The smallest absolute Gasteiger partial charge is 0.307 e. The molecule has 0 aliphatic carbocycles. The number of ether oxygens (including phenoxy) is 1. The summed E-state index contributed by atoms with van der Waals surface area (Å²) < 4.78 is 4.47. The van der Waals surface area contributed by atoms with Gasteiger partial charge in [0.15, 0.2) is 0 Å². The third-order valence-corrected chi connectivity index (χ3v) is 1.68. The van der Waals surface area contributed by atoms with Crippen LogP contribution in [0.15, 0.2) is 12.2 Å². The number of hydrogen-bond donors (Lipinski definition) is 1. The second-order valence-electron chi connectivity index (χ2n) is 2.62. The Kier molecular flexibility index (Phi) is 2.85. The van der Waals surface area contributed by atoms with Crippen molar-refractivity contribution >= 4 is 11.9 Å². The summed E-state index contributed by atoms with van der Waals surface area (Å²) in [5.74, 6) is -0.439. The lowest BCUT2D eigenvalue weighted by Gasteiger charge is -2.17. The van der Waals surface area contributed by atoms with Crippen LogP contribution in [-0.4, -0.2) is 25.0 Å². The molecule has 4 heteroatoms. The largest absolute Gasteiger partial charge is 0.469 e. The van der Waals surface area contributed by atoms with Crippen LogP contribution in [0.2, 0.25) is 0 Å². The van der Waals surface area contributed by atoms with Gasteiger partial charge >= 0.3 is 5.97 Å². The molecule has 1 atom stereocenters. The van der Waals surface area contributed by atoms with Crippen molar-refractivity contribution in [2.24, 2.45) is 0 Å². The Hall–Kier alpha value is -1.32. The average Bonchev–Trinajstić information content (AvgIpc) is 2.04. The molecular weight excluding hydrogens is 158 g/mol. The number of amides is 1. The summed E-state index contributed by atoms with van der Waals surface area (Å²) in [5, 5.41) is 2.66. The molecule has 4 nitrogen and oxygen atoms in total. The Balaban J connectivity index is 2.39. The summed E-state index contributed by atoms with van der Waals surface area (Å²) in [6.07, 6.45) is 4.16. The number of carbonyl (C=O) groups excluding carboxylic acids is 2. The van der Waals surface area contributed by atoms with Gasteiger partial charge in [-0.1, -0.05) is 6.08 Å². The quantitative estimate of drug-likeness (QED) is 0.592. The van der Waals surface area contributed by atoms with Crippen LogP contribution in [0.5, 0.6) is 0 Å². The third kappa shape index (κ3) is 2.38. The van der Waals surface area contributed by atoms with Gasteiger partial charge in [0, 0.05) is 6.04 Å². The molecule has 66 valence electrons. The molecule has 0 saturated carbocycles. The third-order valence-electron chi connectivity index (χ3n) is 1.68. The van der Waals surface area contributed by atoms with Gasteiger partial charge in [-0.25, -0.2) is 0 Å². The topological polar surface area (TPSA) is 55.4 Å². The zero-order valence-corrected chi connectivity index (χ0v) is 6.87. The molecule has 1 rings (SSSR count). The molecule has 12 heavy (non-hydrogen) atoms. The molecule has 0 radical (unpaired) electrons. The van der Waals surface area contributed by atoms with Crippen molar-refractivity contribution in [1.82, 2.24) is 5.32 Å². The van der Waals surface area contributed by atoms with Crippen LogP contribution >= 0.6 is 0 Å². The van der Waals surface area contributed by atoms with Gasteiger partial charge in [-0.15, -0.1) is 0 Å². The molecular formula is C8H11NO3. The number of esters is 1. The molecule has 0 aromatic rings. The fourth-order valence-electron chi connectivity index (χ4n) is 1.07. The minimum absolute atomic E-state index is 0.102. The van der Waals surface area contributed by atoms with Gasteiger partial charge in [-0.05, 0) is 12.5 Å². The summed E-state index contributed by atoms with van der Waals surface area (Å²) in [6.45, 7) is 0. The van der Waals surface area contributed by atoms with Gasteiger partial charge in [0.2, 0.25) is 5.91 Å². The second-order valence-corrected chi connectivity index (χ2v) is 2.62. The van der Waals surface area contributed by atoms with Crippen LogP contribution < -0.4 is 5.32 Å². The average molecular weight is 169 g/mol. The fraction of sp³-hybridized carbons (Fsp3) is 0.500. The van der Waals surface area contributed by atoms with E-state index in [9.17, 15) is 9.59 Å². The SMILES string of the molecule is COC(=O)CC1CC=CC(=O)N1. The van der Waals surface area contributed by atoms with E-state index in [0.29, 0.717) is 6.42 Å². The molecule has 1 amide bonds. The van der Waals surface area contributed by atoms with Crippen LogP contribution in [0.3, 0.4) is 0 Å². The number of carbonyl (C=O) groups is 2. The number of rotatable bonds is 2. The van der Waals surface area contributed by atoms with E-state index in [1.54, 1.807) is 6.08 Å². The van der Waals surface area contributed by atoms with Crippen molar-refractivity contribution in [2.75, 3.05) is 7.11 Å². The first kappa shape index (κ1) is 8.77. The van der Waals surface area contributed by atoms with E-state index in [1.807, 2.05) is 0 Å². The van der Waals surface area contributed by atoms with E-state index in [0.717, 1.165) is 0 Å². The standard InChI is InChI=1S/C8H11NO3/c1-12-8(11)5-6-3-2-4-7(10)9-6/h2,4,6H,3,5H2,1H3,(H,9,10). The summed E-state index contributed by atoms with van der Waals surface area (Å²) >= 11 is 0. The van der Waals surface area contributed by atoms with Gasteiger partial charge in [0.25, 0.3) is 0 Å². The maximum Gasteiger partial charge on any atom is 0.307 e. The van der Waals surface area contributed by atoms with Crippen LogP contribution in [0.4, 0.5) is 0 Å². The van der Waals surface area contributed by atoms with Gasteiger partial charge in [-0.2, -0.15) is 0 Å². The predicted octanol–water partition coefficient (Wildman–Crippen LogP) is -0.00580. The first-order valence-corrected chi connectivity index (χ1v) is 3.76. The van der Waals surface area contributed by atoms with Crippen LogP contribution in [0.1, 0.15) is 12.8 Å². The lowest BCUT2D eigenvalue weighted by atomic mass is 10.1. The Morgan fingerprint density at radius 3 is 3.17 bits per heavy atom. The maximum absolute atomic E-state index is 10.8. The van der Waals surface area contributed by atoms with Crippen LogP contribution in [0.25, 0.3) is 0 Å². The first-order valence-electron chi connectivity index (χ1n) is 3.76. The Bertz CT molecular complexity index is 222. The van der Waals surface area contributed by atoms with Gasteiger partial charge in [0.05, 0.1) is 13.5 Å². The van der Waals surface area contributed by atoms with Gasteiger partial charge in [0.1, 0.15) is 0 Å². The van der Waals surface area contributed by atoms with E-state index < -0.39 is 0 Å². The van der Waals surface area contributed by atoms with E-state index in [1.165, 1.54) is 13.2 Å². The van der Waals surface area contributed by atoms with Gasteiger partial charge < -0.3 is 10.1 Å². The maximum atomic E-state index is 10.8. The monoisotopic (exact) mass is 169 g/mol. The first-order chi connectivity index (χ1) is 5.72. The molecule has 0 bridgehead atoms. The molecule has 1 heterocycles. The molecule has 1 N–H and O–H groups in total. The van der Waals surface area contributed by atoms with Crippen molar-refractivity contribution in [3.8, 4) is 0 Å². The second kappa shape index (κ2) is 3.90. The highest BCUT2D eigenvalue weighted by atomic mass is 16.5. The molecule has 0 aromatic heterocycles. The summed E-state index contributed by atoms with van der Waals surface area (Å²) in [7, 11) is 1.34. The lowest BCUT2D eigenvalue weighted by Crippen LogP contribution is -2.37. The Morgan fingerprint density at radius 1 is 1.83 bits per heavy atom. The van der Waals surface area contributed by atoms with Crippen LogP contribution in [-0.2, 0) is 14.3 Å². The molecule has 1 unspecified atom stereocenters. The van der Waals surface area contributed by atoms with E-state index in [4.69, 9.17) is 0 Å². The Morgan fingerprint density at radius 2 is 2.58 bits per heavy atom. The normalized spacial score (nSPS) is 21.8. The van der Waals surface area contributed by atoms with Crippen molar-refractivity contribution in [1.29, 1.82) is 0 Å². The number of hydrogen-bond acceptors (Lipinski definition) is 3. The summed E-state index contributed by atoms with van der Waals surface area (Å²) in [6, 6.07) is -0.102. The zero-order valence-electron chi connectivity index (χ0n) is 6.87. The Labute approximate surface area is 70.6 Å². The number of methoxy groups -OCH3 is 1. The lowest BCUT2D eigenvalue weighted by molar-refractivity contribution is -0.141. The highest BCUT2D eigenvalue weighted by Crippen LogP contribution is 2.05. The van der Waals surface area contributed by atoms with Crippen molar-refractivity contribution in [3.05, 3.63) is 12.2 Å². The highest BCUT2D eigenvalue weighted by molar-refractivity contribution is 5.89. The molecule has 1 aliphatic heterocycles. The molecule has 0 spiro atoms. The molecule has 0 saturated heterocycles.